The molecule has 0 saturated heterocycles. The number of nitrogens with zero attached hydrogens (tertiary/aromatic N) is 6. The molecular weight excluding hydrogens is 420 g/mol. The lowest BCUT2D eigenvalue weighted by Gasteiger charge is -2.04. The highest BCUT2D eigenvalue weighted by molar-refractivity contribution is 7.19. The maximum atomic E-state index is 12.8. The van der Waals surface area contributed by atoms with Crippen LogP contribution in [-0.4, -0.2) is 34.2 Å². The number of imidazole rings is 1. The van der Waals surface area contributed by atoms with Crippen molar-refractivity contribution in [3.63, 3.8) is 0 Å². The van der Waals surface area contributed by atoms with Crippen LogP contribution in [0.25, 0.3) is 21.1 Å². The van der Waals surface area contributed by atoms with Gasteiger partial charge in [-0.05, 0) is 17.5 Å². The first-order chi connectivity index (χ1) is 14.9. The summed E-state index contributed by atoms with van der Waals surface area (Å²) < 4.78 is 10.2. The molecule has 10 nitrogen and oxygen atoms in total. The van der Waals surface area contributed by atoms with Gasteiger partial charge in [0.2, 0.25) is 5.89 Å². The number of hydrogen-bond donors (Lipinski definition) is 1. The summed E-state index contributed by atoms with van der Waals surface area (Å²) >= 11 is 1.52. The van der Waals surface area contributed by atoms with Crippen molar-refractivity contribution >= 4 is 32.5 Å². The molecule has 0 radical (unpaired) electrons. The molecule has 0 fully saturated rings. The van der Waals surface area contributed by atoms with Gasteiger partial charge < -0.3 is 9.63 Å². The smallest absolute Gasteiger partial charge is 0.328 e. The van der Waals surface area contributed by atoms with Crippen LogP contribution in [0.5, 0.6) is 0 Å². The Balaban J connectivity index is 1.37. The summed E-state index contributed by atoms with van der Waals surface area (Å²) in [6, 6.07) is 9.87. The molecule has 4 aromatic heterocycles. The highest BCUT2D eigenvalue weighted by Gasteiger charge is 2.18. The third-order valence-corrected chi connectivity index (χ3v) is 6.43. The molecule has 0 unspecified atom stereocenters. The van der Waals surface area contributed by atoms with Gasteiger partial charge in [0.05, 0.1) is 17.8 Å². The Morgan fingerprint density at radius 3 is 2.81 bits per heavy atom. The third-order valence-electron chi connectivity index (χ3n) is 5.21. The summed E-state index contributed by atoms with van der Waals surface area (Å²) in [4.78, 5) is 30.0. The van der Waals surface area contributed by atoms with Gasteiger partial charge in [-0.2, -0.15) is 10.1 Å². The molecule has 0 aliphatic rings. The minimum Gasteiger partial charge on any atom is -0.387 e. The second kappa shape index (κ2) is 7.29. The Morgan fingerprint density at radius 1 is 1.19 bits per heavy atom. The van der Waals surface area contributed by atoms with Gasteiger partial charge in [-0.25, -0.2) is 9.48 Å². The first-order valence-corrected chi connectivity index (χ1v) is 10.3. The van der Waals surface area contributed by atoms with E-state index in [9.17, 15) is 14.7 Å². The number of aliphatic hydroxyl groups is 1. The van der Waals surface area contributed by atoms with Crippen LogP contribution in [0.4, 0.5) is 0 Å². The van der Waals surface area contributed by atoms with E-state index in [4.69, 9.17) is 4.52 Å². The number of benzene rings is 1. The van der Waals surface area contributed by atoms with Crippen LogP contribution in [0.1, 0.15) is 22.7 Å². The Kier molecular flexibility index (Phi) is 4.56. The highest BCUT2D eigenvalue weighted by atomic mass is 32.1. The van der Waals surface area contributed by atoms with Crippen LogP contribution in [0.3, 0.4) is 0 Å². The second-order valence-electron chi connectivity index (χ2n) is 7.25. The van der Waals surface area contributed by atoms with E-state index in [1.807, 2.05) is 30.3 Å². The number of rotatable bonds is 5. The van der Waals surface area contributed by atoms with Crippen molar-refractivity contribution in [2.75, 3.05) is 0 Å². The number of aromatic nitrogens is 6. The van der Waals surface area contributed by atoms with Crippen LogP contribution in [0, 0.1) is 0 Å². The van der Waals surface area contributed by atoms with E-state index in [0.29, 0.717) is 11.3 Å². The molecular formula is C20H18N6O4S. The van der Waals surface area contributed by atoms with Gasteiger partial charge in [-0.3, -0.25) is 13.9 Å². The molecule has 1 atom stereocenters. The van der Waals surface area contributed by atoms with Crippen LogP contribution in [-0.2, 0) is 27.1 Å². The van der Waals surface area contributed by atoms with Crippen molar-refractivity contribution in [3.05, 3.63) is 74.0 Å². The molecule has 31 heavy (non-hydrogen) atoms. The minimum absolute atomic E-state index is 0.0379. The Hall–Kier alpha value is -3.57. The number of aryl methyl sites for hydroxylation is 2. The van der Waals surface area contributed by atoms with E-state index in [1.165, 1.54) is 38.4 Å². The van der Waals surface area contributed by atoms with Crippen LogP contribution >= 0.6 is 11.3 Å². The number of aliphatic hydroxyl groups excluding tert-OH is 1. The van der Waals surface area contributed by atoms with E-state index < -0.39 is 11.7 Å². The van der Waals surface area contributed by atoms with Crippen LogP contribution in [0.2, 0.25) is 0 Å². The van der Waals surface area contributed by atoms with Crippen molar-refractivity contribution in [3.8, 4) is 0 Å². The fourth-order valence-corrected chi connectivity index (χ4v) is 4.62. The molecule has 1 N–H and O–H groups in total. The zero-order valence-corrected chi connectivity index (χ0v) is 17.5. The molecule has 4 heterocycles. The third kappa shape index (κ3) is 3.27. The molecule has 0 amide bonds. The van der Waals surface area contributed by atoms with Gasteiger partial charge in [0.1, 0.15) is 12.1 Å². The molecule has 5 aromatic rings. The van der Waals surface area contributed by atoms with Crippen LogP contribution < -0.4 is 11.2 Å². The minimum atomic E-state index is -0.765. The topological polar surface area (TPSA) is 121 Å². The first kappa shape index (κ1) is 19.4. The van der Waals surface area contributed by atoms with Gasteiger partial charge in [0, 0.05) is 30.1 Å². The largest absolute Gasteiger partial charge is 0.387 e. The Bertz CT molecular complexity index is 1510. The fraction of sp³-hybridized carbons (Fsp3) is 0.250. The summed E-state index contributed by atoms with van der Waals surface area (Å²) in [5.41, 5.74) is -0.0291. The van der Waals surface area contributed by atoms with Crippen molar-refractivity contribution in [2.45, 2.75) is 19.1 Å². The maximum absolute atomic E-state index is 12.8. The average molecular weight is 438 g/mol. The lowest BCUT2D eigenvalue weighted by Crippen LogP contribution is -2.26. The monoisotopic (exact) mass is 438 g/mol. The SMILES string of the molecule is Cn1c(=O)n(C)c2c(=O)n(Cc3nc(C[C@H](O)c4cc5ccccc5s4)no3)ncc21. The van der Waals surface area contributed by atoms with E-state index in [1.54, 1.807) is 7.05 Å². The van der Waals surface area contributed by atoms with Gasteiger partial charge in [0.25, 0.3) is 5.56 Å². The molecule has 1 aromatic carbocycles. The van der Waals surface area contributed by atoms with Crippen molar-refractivity contribution in [1.29, 1.82) is 0 Å². The zero-order chi connectivity index (χ0) is 21.7. The highest BCUT2D eigenvalue weighted by Crippen LogP contribution is 2.31. The molecule has 0 aliphatic carbocycles. The lowest BCUT2D eigenvalue weighted by atomic mass is 10.2. The average Bonchev–Trinajstić information content (AvgIpc) is 3.44. The summed E-state index contributed by atoms with van der Waals surface area (Å²) in [6.07, 6.45) is 0.879. The Labute approximate surface area is 178 Å². The van der Waals surface area contributed by atoms with E-state index >= 15 is 0 Å². The van der Waals surface area contributed by atoms with Crippen molar-refractivity contribution in [2.24, 2.45) is 14.1 Å². The lowest BCUT2D eigenvalue weighted by molar-refractivity contribution is 0.178. The summed E-state index contributed by atoms with van der Waals surface area (Å²) in [7, 11) is 3.12. The van der Waals surface area contributed by atoms with Crippen LogP contribution in [0.15, 0.2) is 50.6 Å². The normalized spacial score (nSPS) is 12.7. The molecule has 5 rings (SSSR count). The molecule has 0 saturated carbocycles. The predicted octanol–water partition coefficient (Wildman–Crippen LogP) is 1.36. The van der Waals surface area contributed by atoms with Crippen molar-refractivity contribution < 1.29 is 9.63 Å². The van der Waals surface area contributed by atoms with E-state index in [0.717, 1.165) is 15.0 Å². The molecule has 0 aliphatic heterocycles. The summed E-state index contributed by atoms with van der Waals surface area (Å²) in [5, 5.41) is 19.7. The van der Waals surface area contributed by atoms with E-state index in [2.05, 4.69) is 15.2 Å². The van der Waals surface area contributed by atoms with Crippen molar-refractivity contribution in [1.82, 2.24) is 29.1 Å². The standard InChI is InChI=1S/C20H18N6O4S/c1-24-12-9-21-26(19(28)18(12)25(2)20(24)29)10-17-22-16(23-30-17)8-13(27)15-7-11-5-3-4-6-14(11)31-15/h3-7,9,13,27H,8,10H2,1-2H3/t13-/m0/s1. The Morgan fingerprint density at radius 2 is 2.00 bits per heavy atom. The number of hydrogen-bond acceptors (Lipinski definition) is 8. The summed E-state index contributed by atoms with van der Waals surface area (Å²) in [5.74, 6) is 0.523. The maximum Gasteiger partial charge on any atom is 0.328 e. The first-order valence-electron chi connectivity index (χ1n) is 9.52. The van der Waals surface area contributed by atoms with Gasteiger partial charge >= 0.3 is 5.69 Å². The molecule has 0 spiro atoms. The number of thiophene rings is 1. The predicted molar refractivity (Wildman–Crippen MR) is 114 cm³/mol. The van der Waals surface area contributed by atoms with Gasteiger partial charge in [0.15, 0.2) is 5.82 Å². The van der Waals surface area contributed by atoms with Gasteiger partial charge in [-0.1, -0.05) is 23.4 Å². The summed E-state index contributed by atoms with van der Waals surface area (Å²) in [6.45, 7) is -0.0379. The fourth-order valence-electron chi connectivity index (χ4n) is 3.57. The molecule has 158 valence electrons. The number of fused-ring (bicyclic) bond motifs is 2. The quantitative estimate of drug-likeness (QED) is 0.440. The molecule has 0 bridgehead atoms. The molecule has 11 heteroatoms. The second-order valence-corrected chi connectivity index (χ2v) is 8.37. The zero-order valence-electron chi connectivity index (χ0n) is 16.7. The van der Waals surface area contributed by atoms with E-state index in [-0.39, 0.29) is 30.1 Å². The van der Waals surface area contributed by atoms with Gasteiger partial charge in [-0.15, -0.1) is 11.3 Å².